The van der Waals surface area contributed by atoms with E-state index in [0.29, 0.717) is 17.8 Å². The molecule has 0 fully saturated rings. The summed E-state index contributed by atoms with van der Waals surface area (Å²) in [6.07, 6.45) is 2.31. The van der Waals surface area contributed by atoms with Crippen molar-refractivity contribution < 1.29 is 4.79 Å². The average molecular weight is 345 g/mol. The van der Waals surface area contributed by atoms with Crippen LogP contribution in [0.2, 0.25) is 0 Å². The van der Waals surface area contributed by atoms with Gasteiger partial charge in [-0.05, 0) is 37.1 Å². The predicted octanol–water partition coefficient (Wildman–Crippen LogP) is 3.87. The average Bonchev–Trinajstić information content (AvgIpc) is 3.26. The molecule has 0 saturated heterocycles. The molecule has 2 N–H and O–H groups in total. The molecule has 4 rings (SSSR count). The zero-order chi connectivity index (χ0) is 18.1. The van der Waals surface area contributed by atoms with Crippen LogP contribution in [0.15, 0.2) is 54.7 Å². The quantitative estimate of drug-likeness (QED) is 0.589. The van der Waals surface area contributed by atoms with Gasteiger partial charge in [-0.3, -0.25) is 9.89 Å². The van der Waals surface area contributed by atoms with Gasteiger partial charge in [0.25, 0.3) is 5.91 Å². The van der Waals surface area contributed by atoms with E-state index in [9.17, 15) is 4.79 Å². The lowest BCUT2D eigenvalue weighted by Gasteiger charge is -2.10. The van der Waals surface area contributed by atoms with Crippen molar-refractivity contribution in [2.75, 3.05) is 5.32 Å². The first-order valence-corrected chi connectivity index (χ1v) is 8.56. The van der Waals surface area contributed by atoms with Crippen LogP contribution in [0.4, 0.5) is 5.82 Å². The van der Waals surface area contributed by atoms with Crippen LogP contribution in [0.5, 0.6) is 0 Å². The van der Waals surface area contributed by atoms with Crippen molar-refractivity contribution in [1.29, 1.82) is 0 Å². The highest BCUT2D eigenvalue weighted by Gasteiger charge is 2.19. The van der Waals surface area contributed by atoms with Crippen molar-refractivity contribution in [2.45, 2.75) is 20.3 Å². The Labute approximate surface area is 150 Å². The molecule has 2 heterocycles. The number of anilines is 1. The molecular formula is C20H19N5O. The third-order valence-corrected chi connectivity index (χ3v) is 4.49. The summed E-state index contributed by atoms with van der Waals surface area (Å²) in [6.45, 7) is 4.05. The van der Waals surface area contributed by atoms with Crippen LogP contribution in [0, 0.1) is 6.92 Å². The number of nitrogens with one attached hydrogen (secondary N) is 2. The standard InChI is InChI=1S/C20H19N5O/c1-3-17-15(12-21-25(17)18-11-7-4-8-13(18)2)20(26)22-19-14-9-5-6-10-16(14)23-24-19/h4-12H,3H2,1-2H3,(H2,22,23,24,26). The van der Waals surface area contributed by atoms with Gasteiger partial charge in [0.2, 0.25) is 0 Å². The van der Waals surface area contributed by atoms with Gasteiger partial charge < -0.3 is 5.32 Å². The largest absolute Gasteiger partial charge is 0.304 e. The molecule has 0 aliphatic heterocycles. The first kappa shape index (κ1) is 16.1. The fraction of sp³-hybridized carbons (Fsp3) is 0.150. The van der Waals surface area contributed by atoms with E-state index in [-0.39, 0.29) is 5.91 Å². The zero-order valence-electron chi connectivity index (χ0n) is 14.7. The molecule has 0 saturated carbocycles. The fourth-order valence-electron chi connectivity index (χ4n) is 3.15. The lowest BCUT2D eigenvalue weighted by molar-refractivity contribution is 0.102. The number of hydrogen-bond acceptors (Lipinski definition) is 3. The Kier molecular flexibility index (Phi) is 4.01. The zero-order valence-corrected chi connectivity index (χ0v) is 14.7. The molecule has 0 aliphatic carbocycles. The molecule has 1 amide bonds. The number of aryl methyl sites for hydroxylation is 1. The number of hydrogen-bond donors (Lipinski definition) is 2. The fourth-order valence-corrected chi connectivity index (χ4v) is 3.15. The Balaban J connectivity index is 1.70. The summed E-state index contributed by atoms with van der Waals surface area (Å²) in [5.41, 5.74) is 4.40. The van der Waals surface area contributed by atoms with Crippen molar-refractivity contribution in [3.63, 3.8) is 0 Å². The minimum atomic E-state index is -0.209. The minimum absolute atomic E-state index is 0.209. The number of benzene rings is 2. The number of nitrogens with zero attached hydrogens (tertiary/aromatic N) is 3. The van der Waals surface area contributed by atoms with Crippen LogP contribution in [-0.4, -0.2) is 25.9 Å². The molecule has 0 atom stereocenters. The Morgan fingerprint density at radius 2 is 1.92 bits per heavy atom. The number of H-pyrrole nitrogens is 1. The maximum Gasteiger partial charge on any atom is 0.260 e. The van der Waals surface area contributed by atoms with Crippen molar-refractivity contribution in [3.8, 4) is 5.69 Å². The summed E-state index contributed by atoms with van der Waals surface area (Å²) in [5.74, 6) is 0.315. The van der Waals surface area contributed by atoms with E-state index in [4.69, 9.17) is 0 Å². The Hall–Kier alpha value is -3.41. The van der Waals surface area contributed by atoms with Crippen molar-refractivity contribution >= 4 is 22.6 Å². The number of carbonyl (C=O) groups is 1. The normalized spacial score (nSPS) is 11.0. The van der Waals surface area contributed by atoms with E-state index in [1.165, 1.54) is 0 Å². The molecule has 6 nitrogen and oxygen atoms in total. The molecule has 0 radical (unpaired) electrons. The first-order valence-electron chi connectivity index (χ1n) is 8.56. The van der Waals surface area contributed by atoms with Gasteiger partial charge in [0.05, 0.1) is 28.7 Å². The van der Waals surface area contributed by atoms with E-state index >= 15 is 0 Å². The summed E-state index contributed by atoms with van der Waals surface area (Å²) in [5, 5.41) is 15.4. The van der Waals surface area contributed by atoms with Gasteiger partial charge in [-0.15, -0.1) is 0 Å². The van der Waals surface area contributed by atoms with Crippen LogP contribution < -0.4 is 5.32 Å². The van der Waals surface area contributed by atoms with Gasteiger partial charge in [0.15, 0.2) is 5.82 Å². The molecule has 0 unspecified atom stereocenters. The van der Waals surface area contributed by atoms with Crippen LogP contribution in [0.25, 0.3) is 16.6 Å². The van der Waals surface area contributed by atoms with E-state index < -0.39 is 0 Å². The second kappa shape index (κ2) is 6.48. The topological polar surface area (TPSA) is 75.6 Å². The Bertz CT molecular complexity index is 1090. The van der Waals surface area contributed by atoms with E-state index in [1.807, 2.05) is 67.1 Å². The second-order valence-electron chi connectivity index (χ2n) is 6.13. The van der Waals surface area contributed by atoms with Gasteiger partial charge in [-0.2, -0.15) is 10.2 Å². The maximum absolute atomic E-state index is 12.8. The lowest BCUT2D eigenvalue weighted by atomic mass is 10.1. The highest BCUT2D eigenvalue weighted by molar-refractivity contribution is 6.08. The van der Waals surface area contributed by atoms with E-state index in [2.05, 4.69) is 20.6 Å². The number of para-hydroxylation sites is 2. The number of carbonyl (C=O) groups excluding carboxylic acids is 1. The van der Waals surface area contributed by atoms with Crippen LogP contribution in [-0.2, 0) is 6.42 Å². The highest BCUT2D eigenvalue weighted by atomic mass is 16.1. The summed E-state index contributed by atoms with van der Waals surface area (Å²) in [4.78, 5) is 12.8. The molecule has 0 aliphatic rings. The summed E-state index contributed by atoms with van der Waals surface area (Å²) in [7, 11) is 0. The summed E-state index contributed by atoms with van der Waals surface area (Å²) < 4.78 is 1.84. The number of amides is 1. The SMILES string of the molecule is CCc1c(C(=O)Nc2n[nH]c3ccccc23)cnn1-c1ccccc1C. The second-order valence-corrected chi connectivity index (χ2v) is 6.13. The van der Waals surface area contributed by atoms with Gasteiger partial charge in [-0.25, -0.2) is 4.68 Å². The van der Waals surface area contributed by atoms with Gasteiger partial charge in [-0.1, -0.05) is 37.3 Å². The van der Waals surface area contributed by atoms with E-state index in [0.717, 1.165) is 27.8 Å². The third-order valence-electron chi connectivity index (χ3n) is 4.49. The van der Waals surface area contributed by atoms with Gasteiger partial charge >= 0.3 is 0 Å². The molecule has 6 heteroatoms. The van der Waals surface area contributed by atoms with Crippen LogP contribution >= 0.6 is 0 Å². The molecule has 4 aromatic rings. The van der Waals surface area contributed by atoms with Crippen molar-refractivity contribution in [1.82, 2.24) is 20.0 Å². The highest BCUT2D eigenvalue weighted by Crippen LogP contribution is 2.22. The minimum Gasteiger partial charge on any atom is -0.304 e. The summed E-state index contributed by atoms with van der Waals surface area (Å²) >= 11 is 0. The number of aromatic amines is 1. The van der Waals surface area contributed by atoms with Crippen molar-refractivity contribution in [3.05, 3.63) is 71.5 Å². The van der Waals surface area contributed by atoms with Crippen molar-refractivity contribution in [2.24, 2.45) is 0 Å². The molecule has 26 heavy (non-hydrogen) atoms. The summed E-state index contributed by atoms with van der Waals surface area (Å²) in [6, 6.07) is 15.7. The molecule has 2 aromatic heterocycles. The molecule has 130 valence electrons. The first-order chi connectivity index (χ1) is 12.7. The molecule has 0 bridgehead atoms. The number of rotatable bonds is 4. The Morgan fingerprint density at radius 1 is 1.15 bits per heavy atom. The van der Waals surface area contributed by atoms with Crippen LogP contribution in [0.1, 0.15) is 28.5 Å². The van der Waals surface area contributed by atoms with E-state index in [1.54, 1.807) is 6.20 Å². The third kappa shape index (κ3) is 2.65. The number of aromatic nitrogens is 4. The smallest absolute Gasteiger partial charge is 0.260 e. The predicted molar refractivity (Wildman–Crippen MR) is 102 cm³/mol. The maximum atomic E-state index is 12.8. The molecule has 2 aromatic carbocycles. The molecular weight excluding hydrogens is 326 g/mol. The lowest BCUT2D eigenvalue weighted by Crippen LogP contribution is -2.15. The van der Waals surface area contributed by atoms with Gasteiger partial charge in [0.1, 0.15) is 0 Å². The van der Waals surface area contributed by atoms with Crippen LogP contribution in [0.3, 0.4) is 0 Å². The molecule has 0 spiro atoms. The van der Waals surface area contributed by atoms with Gasteiger partial charge in [0, 0.05) is 5.39 Å². The Morgan fingerprint density at radius 3 is 2.73 bits per heavy atom. The monoisotopic (exact) mass is 345 g/mol. The number of fused-ring (bicyclic) bond motifs is 1.